The molecule has 0 saturated heterocycles. The maximum atomic E-state index is 11.7. The second kappa shape index (κ2) is 19.7. The Balaban J connectivity index is 3.18. The van der Waals surface area contributed by atoms with Crippen molar-refractivity contribution in [3.63, 3.8) is 0 Å². The van der Waals surface area contributed by atoms with Crippen molar-refractivity contribution in [3.8, 4) is 0 Å². The highest BCUT2D eigenvalue weighted by molar-refractivity contribution is 5.69. The van der Waals surface area contributed by atoms with E-state index < -0.39 is 5.97 Å². The number of hydrogen-bond acceptors (Lipinski definition) is 3. The van der Waals surface area contributed by atoms with E-state index in [4.69, 9.17) is 9.84 Å². The van der Waals surface area contributed by atoms with Gasteiger partial charge in [0.15, 0.2) is 0 Å². The zero-order valence-electron chi connectivity index (χ0n) is 18.0. The van der Waals surface area contributed by atoms with Gasteiger partial charge in [-0.2, -0.15) is 0 Å². The molecule has 1 N–H and O–H groups in total. The SMILES string of the molecule is CC(C)CCCCCCCOC(=O)CCCCCCCCCCCC(=O)O. The zero-order valence-corrected chi connectivity index (χ0v) is 18.0. The first-order valence-corrected chi connectivity index (χ1v) is 11.4. The molecule has 27 heavy (non-hydrogen) atoms. The molecule has 0 bridgehead atoms. The normalized spacial score (nSPS) is 11.1. The molecular weight excluding hydrogens is 340 g/mol. The van der Waals surface area contributed by atoms with E-state index in [2.05, 4.69) is 13.8 Å². The number of rotatable bonds is 20. The van der Waals surface area contributed by atoms with Gasteiger partial charge >= 0.3 is 11.9 Å². The predicted molar refractivity (Wildman–Crippen MR) is 112 cm³/mol. The maximum absolute atomic E-state index is 11.7. The van der Waals surface area contributed by atoms with Gasteiger partial charge < -0.3 is 9.84 Å². The van der Waals surface area contributed by atoms with E-state index in [1.165, 1.54) is 57.8 Å². The van der Waals surface area contributed by atoms with Crippen molar-refractivity contribution in [3.05, 3.63) is 0 Å². The Labute approximate surface area is 167 Å². The monoisotopic (exact) mass is 384 g/mol. The highest BCUT2D eigenvalue weighted by atomic mass is 16.5. The second-order valence-electron chi connectivity index (χ2n) is 8.25. The Hall–Kier alpha value is -1.06. The van der Waals surface area contributed by atoms with Gasteiger partial charge in [0.1, 0.15) is 0 Å². The molecule has 0 fully saturated rings. The van der Waals surface area contributed by atoms with Gasteiger partial charge in [0.2, 0.25) is 0 Å². The molecular formula is C23H44O4. The topological polar surface area (TPSA) is 63.6 Å². The van der Waals surface area contributed by atoms with Crippen LogP contribution >= 0.6 is 0 Å². The molecule has 0 spiro atoms. The lowest BCUT2D eigenvalue weighted by Crippen LogP contribution is -2.05. The highest BCUT2D eigenvalue weighted by Crippen LogP contribution is 2.12. The fourth-order valence-corrected chi connectivity index (χ4v) is 3.23. The molecule has 0 aliphatic heterocycles. The first-order valence-electron chi connectivity index (χ1n) is 11.4. The lowest BCUT2D eigenvalue weighted by Gasteiger charge is -2.06. The van der Waals surface area contributed by atoms with E-state index in [-0.39, 0.29) is 5.97 Å². The molecule has 0 aliphatic carbocycles. The molecule has 0 aliphatic rings. The summed E-state index contributed by atoms with van der Waals surface area (Å²) in [6.07, 6.45) is 18.0. The third-order valence-electron chi connectivity index (χ3n) is 4.96. The molecule has 0 heterocycles. The number of esters is 1. The molecule has 0 aromatic heterocycles. The molecule has 4 heteroatoms. The van der Waals surface area contributed by atoms with E-state index in [1.54, 1.807) is 0 Å². The third-order valence-corrected chi connectivity index (χ3v) is 4.96. The smallest absolute Gasteiger partial charge is 0.305 e. The first-order chi connectivity index (χ1) is 13.0. The van der Waals surface area contributed by atoms with Crippen molar-refractivity contribution in [1.82, 2.24) is 0 Å². The minimum absolute atomic E-state index is 0.0340. The Kier molecular flexibility index (Phi) is 18.9. The minimum Gasteiger partial charge on any atom is -0.481 e. The summed E-state index contributed by atoms with van der Waals surface area (Å²) in [5, 5.41) is 8.56. The van der Waals surface area contributed by atoms with E-state index in [0.717, 1.165) is 44.4 Å². The lowest BCUT2D eigenvalue weighted by atomic mass is 10.0. The van der Waals surface area contributed by atoms with Gasteiger partial charge in [-0.05, 0) is 25.2 Å². The molecule has 160 valence electrons. The molecule has 0 rings (SSSR count). The molecule has 0 atom stereocenters. The number of ether oxygens (including phenoxy) is 1. The number of carbonyl (C=O) groups is 2. The van der Waals surface area contributed by atoms with Gasteiger partial charge in [-0.1, -0.05) is 90.9 Å². The van der Waals surface area contributed by atoms with Crippen molar-refractivity contribution in [1.29, 1.82) is 0 Å². The molecule has 4 nitrogen and oxygen atoms in total. The van der Waals surface area contributed by atoms with Gasteiger partial charge in [0, 0.05) is 12.8 Å². The van der Waals surface area contributed by atoms with Gasteiger partial charge in [-0.25, -0.2) is 0 Å². The number of hydrogen-bond donors (Lipinski definition) is 1. The Morgan fingerprint density at radius 3 is 1.63 bits per heavy atom. The van der Waals surface area contributed by atoms with Gasteiger partial charge in [0.25, 0.3) is 0 Å². The van der Waals surface area contributed by atoms with Crippen molar-refractivity contribution >= 4 is 11.9 Å². The first kappa shape index (κ1) is 25.9. The third kappa shape index (κ3) is 22.9. The quantitative estimate of drug-likeness (QED) is 0.183. The largest absolute Gasteiger partial charge is 0.481 e. The number of carbonyl (C=O) groups excluding carboxylic acids is 1. The molecule has 0 amide bonds. The van der Waals surface area contributed by atoms with Crippen LogP contribution < -0.4 is 0 Å². The summed E-state index contributed by atoms with van der Waals surface area (Å²) in [6, 6.07) is 0. The summed E-state index contributed by atoms with van der Waals surface area (Å²) >= 11 is 0. The maximum Gasteiger partial charge on any atom is 0.305 e. The van der Waals surface area contributed by atoms with Crippen molar-refractivity contribution in [2.75, 3.05) is 6.61 Å². The summed E-state index contributed by atoms with van der Waals surface area (Å²) in [7, 11) is 0. The van der Waals surface area contributed by atoms with E-state index in [0.29, 0.717) is 19.4 Å². The Bertz CT molecular complexity index is 352. The number of carboxylic acids is 1. The molecule has 0 aromatic carbocycles. The molecule has 0 saturated carbocycles. The highest BCUT2D eigenvalue weighted by Gasteiger charge is 2.03. The van der Waals surface area contributed by atoms with E-state index >= 15 is 0 Å². The number of unbranched alkanes of at least 4 members (excludes halogenated alkanes) is 12. The lowest BCUT2D eigenvalue weighted by molar-refractivity contribution is -0.144. The number of aliphatic carboxylic acids is 1. The molecule has 0 unspecified atom stereocenters. The van der Waals surface area contributed by atoms with Gasteiger partial charge in [0.05, 0.1) is 6.61 Å². The summed E-state index contributed by atoms with van der Waals surface area (Å²) in [5.74, 6) is 0.0836. The van der Waals surface area contributed by atoms with Crippen LogP contribution in [0.5, 0.6) is 0 Å². The van der Waals surface area contributed by atoms with E-state index in [1.807, 2.05) is 0 Å². The summed E-state index contributed by atoms with van der Waals surface area (Å²) in [5.41, 5.74) is 0. The van der Waals surface area contributed by atoms with Gasteiger partial charge in [-0.3, -0.25) is 9.59 Å². The fourth-order valence-electron chi connectivity index (χ4n) is 3.23. The van der Waals surface area contributed by atoms with Crippen LogP contribution in [0.1, 0.15) is 123 Å². The van der Waals surface area contributed by atoms with Crippen molar-refractivity contribution < 1.29 is 19.4 Å². The summed E-state index contributed by atoms with van der Waals surface area (Å²) in [4.78, 5) is 22.1. The number of carboxylic acid groups (broad SMARTS) is 1. The molecule has 0 aromatic rings. The predicted octanol–water partition coefficient (Wildman–Crippen LogP) is 6.90. The van der Waals surface area contributed by atoms with Crippen LogP contribution in [0, 0.1) is 5.92 Å². The van der Waals surface area contributed by atoms with Crippen LogP contribution in [0.25, 0.3) is 0 Å². The second-order valence-corrected chi connectivity index (χ2v) is 8.25. The molecule has 0 radical (unpaired) electrons. The summed E-state index contributed by atoms with van der Waals surface area (Å²) in [6.45, 7) is 5.13. The van der Waals surface area contributed by atoms with Crippen LogP contribution in [0.4, 0.5) is 0 Å². The fraction of sp³-hybridized carbons (Fsp3) is 0.913. The Morgan fingerprint density at radius 1 is 0.667 bits per heavy atom. The minimum atomic E-state index is -0.689. The van der Waals surface area contributed by atoms with E-state index in [9.17, 15) is 9.59 Å². The average molecular weight is 385 g/mol. The van der Waals surface area contributed by atoms with Crippen LogP contribution in [-0.2, 0) is 14.3 Å². The van der Waals surface area contributed by atoms with Crippen molar-refractivity contribution in [2.45, 2.75) is 123 Å². The summed E-state index contributed by atoms with van der Waals surface area (Å²) < 4.78 is 5.31. The standard InChI is InChI=1S/C23H44O4/c1-21(2)17-13-9-8-12-16-20-27-23(26)19-15-11-7-5-3-4-6-10-14-18-22(24)25/h21H,3-20H2,1-2H3,(H,24,25). The van der Waals surface area contributed by atoms with Crippen LogP contribution in [0.3, 0.4) is 0 Å². The van der Waals surface area contributed by atoms with Gasteiger partial charge in [-0.15, -0.1) is 0 Å². The Morgan fingerprint density at radius 2 is 1.11 bits per heavy atom. The average Bonchev–Trinajstić information content (AvgIpc) is 2.61. The zero-order chi connectivity index (χ0) is 20.2. The van der Waals surface area contributed by atoms with Crippen LogP contribution in [0.15, 0.2) is 0 Å². The van der Waals surface area contributed by atoms with Crippen molar-refractivity contribution in [2.24, 2.45) is 5.92 Å². The van der Waals surface area contributed by atoms with Crippen LogP contribution in [-0.4, -0.2) is 23.7 Å². The van der Waals surface area contributed by atoms with Crippen LogP contribution in [0.2, 0.25) is 0 Å².